The summed E-state index contributed by atoms with van der Waals surface area (Å²) in [6.45, 7) is -0.676. The van der Waals surface area contributed by atoms with Gasteiger partial charge < -0.3 is 20.4 Å². The summed E-state index contributed by atoms with van der Waals surface area (Å²) in [6, 6.07) is 14.9. The number of likely N-dealkylation sites (N-methyl/N-ethyl adjacent to an activating group) is 2. The SMILES string of the molecule is CN(CC(=O)Nc1cccc(F)c1)C(=O)c1cccc(C(=O)N(C)CC(=O)Nc2cccc(F)c2)n1. The van der Waals surface area contributed by atoms with Crippen LogP contribution in [0.3, 0.4) is 0 Å². The number of carbonyl (C=O) groups is 4. The lowest BCUT2D eigenvalue weighted by atomic mass is 10.2. The smallest absolute Gasteiger partial charge is 0.272 e. The van der Waals surface area contributed by atoms with E-state index in [0.29, 0.717) is 0 Å². The van der Waals surface area contributed by atoms with Crippen molar-refractivity contribution in [3.05, 3.63) is 89.8 Å². The van der Waals surface area contributed by atoms with E-state index < -0.39 is 35.3 Å². The molecule has 3 aromatic rings. The predicted molar refractivity (Wildman–Crippen MR) is 128 cm³/mol. The number of hydrogen-bond donors (Lipinski definition) is 2. The van der Waals surface area contributed by atoms with Gasteiger partial charge in [-0.2, -0.15) is 0 Å². The van der Waals surface area contributed by atoms with Crippen LogP contribution in [0.4, 0.5) is 20.2 Å². The van der Waals surface area contributed by atoms with Crippen LogP contribution in [-0.2, 0) is 9.59 Å². The number of anilines is 2. The Balaban J connectivity index is 1.59. The minimum Gasteiger partial charge on any atom is -0.331 e. The lowest BCUT2D eigenvalue weighted by Crippen LogP contribution is -2.37. The van der Waals surface area contributed by atoms with E-state index in [0.717, 1.165) is 21.9 Å². The van der Waals surface area contributed by atoms with Crippen molar-refractivity contribution in [2.75, 3.05) is 37.8 Å². The topological polar surface area (TPSA) is 112 Å². The highest BCUT2D eigenvalue weighted by atomic mass is 19.1. The fourth-order valence-corrected chi connectivity index (χ4v) is 3.17. The van der Waals surface area contributed by atoms with Gasteiger partial charge in [0.15, 0.2) is 0 Å². The first-order chi connectivity index (χ1) is 17.1. The average molecular weight is 495 g/mol. The molecule has 3 rings (SSSR count). The number of aromatic nitrogens is 1. The van der Waals surface area contributed by atoms with Crippen molar-refractivity contribution in [1.82, 2.24) is 14.8 Å². The van der Waals surface area contributed by atoms with Gasteiger partial charge in [-0.05, 0) is 48.5 Å². The van der Waals surface area contributed by atoms with Gasteiger partial charge in [0.2, 0.25) is 11.8 Å². The van der Waals surface area contributed by atoms with E-state index >= 15 is 0 Å². The third kappa shape index (κ3) is 7.16. The highest BCUT2D eigenvalue weighted by Gasteiger charge is 2.21. The number of nitrogens with zero attached hydrogens (tertiary/aromatic N) is 3. The van der Waals surface area contributed by atoms with Crippen molar-refractivity contribution in [2.45, 2.75) is 0 Å². The molecule has 186 valence electrons. The molecule has 1 aromatic heterocycles. The minimum atomic E-state index is -0.620. The molecule has 0 aliphatic rings. The van der Waals surface area contributed by atoms with E-state index in [1.54, 1.807) is 0 Å². The average Bonchev–Trinajstić information content (AvgIpc) is 2.83. The molecule has 11 heteroatoms. The van der Waals surface area contributed by atoms with Gasteiger partial charge in [0.25, 0.3) is 11.8 Å². The van der Waals surface area contributed by atoms with Crippen molar-refractivity contribution < 1.29 is 28.0 Å². The largest absolute Gasteiger partial charge is 0.331 e. The normalized spacial score (nSPS) is 10.3. The van der Waals surface area contributed by atoms with Crippen LogP contribution in [0.5, 0.6) is 0 Å². The van der Waals surface area contributed by atoms with Crippen LogP contribution in [0.25, 0.3) is 0 Å². The second-order valence-electron chi connectivity index (χ2n) is 7.85. The number of benzene rings is 2. The molecule has 0 aliphatic carbocycles. The molecule has 1 heterocycles. The molecule has 0 spiro atoms. The number of rotatable bonds is 8. The molecule has 0 radical (unpaired) electrons. The Morgan fingerprint density at radius 3 is 1.47 bits per heavy atom. The van der Waals surface area contributed by atoms with Crippen LogP contribution in [-0.4, -0.2) is 65.6 Å². The second-order valence-corrected chi connectivity index (χ2v) is 7.85. The predicted octanol–water partition coefficient (Wildman–Crippen LogP) is 2.78. The zero-order valence-corrected chi connectivity index (χ0v) is 19.5. The number of carbonyl (C=O) groups excluding carboxylic acids is 4. The molecule has 0 unspecified atom stereocenters. The van der Waals surface area contributed by atoms with Crippen molar-refractivity contribution in [3.8, 4) is 0 Å². The lowest BCUT2D eigenvalue weighted by Gasteiger charge is -2.18. The van der Waals surface area contributed by atoms with Gasteiger partial charge in [-0.15, -0.1) is 0 Å². The third-order valence-corrected chi connectivity index (χ3v) is 4.86. The fourth-order valence-electron chi connectivity index (χ4n) is 3.17. The van der Waals surface area contributed by atoms with Gasteiger partial charge in [0.1, 0.15) is 23.0 Å². The number of nitrogens with one attached hydrogen (secondary N) is 2. The van der Waals surface area contributed by atoms with Crippen LogP contribution in [0.1, 0.15) is 21.0 Å². The molecule has 0 aliphatic heterocycles. The maximum Gasteiger partial charge on any atom is 0.272 e. The summed E-state index contributed by atoms with van der Waals surface area (Å²) < 4.78 is 26.6. The van der Waals surface area contributed by atoms with Crippen LogP contribution in [0.2, 0.25) is 0 Å². The first kappa shape index (κ1) is 25.9. The van der Waals surface area contributed by atoms with E-state index in [1.807, 2.05) is 0 Å². The second kappa shape index (κ2) is 11.6. The molecule has 2 N–H and O–H groups in total. The van der Waals surface area contributed by atoms with Gasteiger partial charge in [-0.25, -0.2) is 13.8 Å². The Kier molecular flexibility index (Phi) is 8.39. The molecular formula is C25H23F2N5O4. The van der Waals surface area contributed by atoms with Gasteiger partial charge in [0.05, 0.1) is 13.1 Å². The monoisotopic (exact) mass is 495 g/mol. The number of pyridine rings is 1. The van der Waals surface area contributed by atoms with Crippen molar-refractivity contribution in [2.24, 2.45) is 0 Å². The quantitative estimate of drug-likeness (QED) is 0.499. The summed E-state index contributed by atoms with van der Waals surface area (Å²) in [4.78, 5) is 56.2. The summed E-state index contributed by atoms with van der Waals surface area (Å²) in [5, 5.41) is 4.98. The lowest BCUT2D eigenvalue weighted by molar-refractivity contribution is -0.117. The van der Waals surface area contributed by atoms with Crippen molar-refractivity contribution in [1.29, 1.82) is 0 Å². The van der Waals surface area contributed by atoms with Gasteiger partial charge >= 0.3 is 0 Å². The molecule has 0 saturated carbocycles. The number of hydrogen-bond acceptors (Lipinski definition) is 5. The Bertz CT molecular complexity index is 1210. The Labute approximate surface area is 205 Å². The molecular weight excluding hydrogens is 472 g/mol. The van der Waals surface area contributed by atoms with Gasteiger partial charge in [-0.1, -0.05) is 18.2 Å². The molecule has 0 atom stereocenters. The number of halogens is 2. The standard InChI is InChI=1S/C25H23F2N5O4/c1-31(14-22(33)28-18-8-3-6-16(26)12-18)24(35)20-10-5-11-21(30-20)25(36)32(2)15-23(34)29-19-9-4-7-17(27)13-19/h3-13H,14-15H2,1-2H3,(H,28,33)(H,29,34). The first-order valence-corrected chi connectivity index (χ1v) is 10.7. The van der Waals surface area contributed by atoms with Crippen LogP contribution in [0.15, 0.2) is 66.7 Å². The molecule has 36 heavy (non-hydrogen) atoms. The fraction of sp³-hybridized carbons (Fsp3) is 0.160. The number of amides is 4. The zero-order valence-electron chi connectivity index (χ0n) is 19.5. The maximum absolute atomic E-state index is 13.3. The highest BCUT2D eigenvalue weighted by molar-refractivity contribution is 6.01. The molecule has 4 amide bonds. The molecule has 9 nitrogen and oxygen atoms in total. The minimum absolute atomic E-state index is 0.0838. The van der Waals surface area contributed by atoms with E-state index in [9.17, 15) is 28.0 Å². The summed E-state index contributed by atoms with van der Waals surface area (Å²) >= 11 is 0. The van der Waals surface area contributed by atoms with Gasteiger partial charge in [0, 0.05) is 25.5 Å². The third-order valence-electron chi connectivity index (χ3n) is 4.86. The van der Waals surface area contributed by atoms with E-state index in [2.05, 4.69) is 15.6 Å². The van der Waals surface area contributed by atoms with Crippen LogP contribution in [0, 0.1) is 11.6 Å². The van der Waals surface area contributed by atoms with Crippen molar-refractivity contribution >= 4 is 35.0 Å². The van der Waals surface area contributed by atoms with Crippen LogP contribution >= 0.6 is 0 Å². The summed E-state index contributed by atoms with van der Waals surface area (Å²) in [7, 11) is 2.76. The molecule has 0 fully saturated rings. The summed E-state index contributed by atoms with van der Waals surface area (Å²) in [5.41, 5.74) is 0.325. The Morgan fingerprint density at radius 2 is 1.08 bits per heavy atom. The van der Waals surface area contributed by atoms with E-state index in [4.69, 9.17) is 0 Å². The molecule has 0 bridgehead atoms. The highest BCUT2D eigenvalue weighted by Crippen LogP contribution is 2.11. The maximum atomic E-state index is 13.3. The first-order valence-electron chi connectivity index (χ1n) is 10.7. The van der Waals surface area contributed by atoms with Crippen molar-refractivity contribution in [3.63, 3.8) is 0 Å². The zero-order chi connectivity index (χ0) is 26.2. The van der Waals surface area contributed by atoms with Gasteiger partial charge in [-0.3, -0.25) is 19.2 Å². The summed E-state index contributed by atoms with van der Waals surface area (Å²) in [6.07, 6.45) is 0. The van der Waals surface area contributed by atoms with E-state index in [1.165, 1.54) is 68.7 Å². The Hall–Kier alpha value is -4.67. The van der Waals surface area contributed by atoms with E-state index in [-0.39, 0.29) is 35.9 Å². The van der Waals surface area contributed by atoms with Crippen LogP contribution < -0.4 is 10.6 Å². The summed E-state index contributed by atoms with van der Waals surface area (Å²) in [5.74, 6) is -3.37. The molecule has 0 saturated heterocycles. The molecule has 2 aromatic carbocycles. The Morgan fingerprint density at radius 1 is 0.694 bits per heavy atom.